The molecule has 0 saturated carbocycles. The molecular formula is C21H20N6O3. The molecule has 30 heavy (non-hydrogen) atoms. The van der Waals surface area contributed by atoms with Crippen LogP contribution in [0.3, 0.4) is 0 Å². The number of amides is 2. The molecule has 2 amide bonds. The number of rotatable bonds is 5. The number of hydrogen-bond acceptors (Lipinski definition) is 5. The zero-order valence-electron chi connectivity index (χ0n) is 16.4. The summed E-state index contributed by atoms with van der Waals surface area (Å²) in [5.41, 5.74) is 2.71. The summed E-state index contributed by atoms with van der Waals surface area (Å²) in [6.07, 6.45) is 2.38. The van der Waals surface area contributed by atoms with Gasteiger partial charge in [0.1, 0.15) is 5.52 Å². The number of imidazole rings is 2. The zero-order valence-corrected chi connectivity index (χ0v) is 16.4. The lowest BCUT2D eigenvalue weighted by atomic mass is 10.0. The highest BCUT2D eigenvalue weighted by Crippen LogP contribution is 2.25. The van der Waals surface area contributed by atoms with Crippen LogP contribution in [0.5, 0.6) is 5.75 Å². The molecule has 9 heteroatoms. The first-order valence-corrected chi connectivity index (χ1v) is 9.38. The molecule has 2 aromatic carbocycles. The van der Waals surface area contributed by atoms with Gasteiger partial charge in [-0.2, -0.15) is 0 Å². The fourth-order valence-corrected chi connectivity index (χ4v) is 2.90. The van der Waals surface area contributed by atoms with Crippen LogP contribution in [0.4, 0.5) is 16.7 Å². The average Bonchev–Trinajstić information content (AvgIpc) is 3.38. The Bertz CT molecular complexity index is 1180. The van der Waals surface area contributed by atoms with Crippen LogP contribution in [-0.4, -0.2) is 31.9 Å². The number of carbonyl (C=O) groups is 2. The van der Waals surface area contributed by atoms with Gasteiger partial charge in [-0.25, -0.2) is 14.8 Å². The number of H-pyrrole nitrogens is 2. The van der Waals surface area contributed by atoms with Gasteiger partial charge < -0.3 is 14.7 Å². The number of hydrogen-bond donors (Lipinski definition) is 4. The molecule has 2 heterocycles. The van der Waals surface area contributed by atoms with Gasteiger partial charge in [-0.05, 0) is 35.7 Å². The van der Waals surface area contributed by atoms with Crippen LogP contribution in [0.15, 0.2) is 54.9 Å². The van der Waals surface area contributed by atoms with Crippen molar-refractivity contribution in [2.24, 2.45) is 0 Å². The number of benzene rings is 2. The molecule has 0 spiro atoms. The molecule has 0 radical (unpaired) electrons. The molecule has 9 nitrogen and oxygen atoms in total. The van der Waals surface area contributed by atoms with Crippen LogP contribution in [0.2, 0.25) is 0 Å². The topological polar surface area (TPSA) is 125 Å². The highest BCUT2D eigenvalue weighted by molar-refractivity contribution is 6.04. The Balaban J connectivity index is 1.49. The van der Waals surface area contributed by atoms with Gasteiger partial charge in [-0.15, -0.1) is 0 Å². The standard InChI is InChI=1S/C21H20N6O3/c1-12(2)13-6-8-14(9-7-13)18(28)26-20-24-15-4-3-5-16(17(15)25-20)30-21(29)27-19-22-10-11-23-19/h3-12H,1-2H3,(H2,22,23,27,29)(H2,24,25,26,28). The van der Waals surface area contributed by atoms with Crippen molar-refractivity contribution < 1.29 is 14.3 Å². The second-order valence-electron chi connectivity index (χ2n) is 6.92. The fraction of sp³-hybridized carbons (Fsp3) is 0.143. The molecule has 4 aromatic rings. The maximum atomic E-state index is 12.5. The molecule has 0 bridgehead atoms. The fourth-order valence-electron chi connectivity index (χ4n) is 2.90. The second-order valence-corrected chi connectivity index (χ2v) is 6.92. The average molecular weight is 404 g/mol. The Morgan fingerprint density at radius 2 is 1.83 bits per heavy atom. The van der Waals surface area contributed by atoms with Crippen LogP contribution in [0.1, 0.15) is 35.7 Å². The molecule has 0 aliphatic heterocycles. The van der Waals surface area contributed by atoms with E-state index in [9.17, 15) is 9.59 Å². The van der Waals surface area contributed by atoms with Gasteiger partial charge in [0.25, 0.3) is 5.91 Å². The van der Waals surface area contributed by atoms with E-state index >= 15 is 0 Å². The van der Waals surface area contributed by atoms with Gasteiger partial charge in [-0.3, -0.25) is 15.4 Å². The zero-order chi connectivity index (χ0) is 21.1. The van der Waals surface area contributed by atoms with E-state index in [-0.39, 0.29) is 23.6 Å². The number of anilines is 2. The van der Waals surface area contributed by atoms with Crippen molar-refractivity contribution in [3.8, 4) is 5.75 Å². The van der Waals surface area contributed by atoms with E-state index < -0.39 is 6.09 Å². The molecule has 0 saturated heterocycles. The predicted molar refractivity (Wildman–Crippen MR) is 113 cm³/mol. The van der Waals surface area contributed by atoms with E-state index in [1.807, 2.05) is 12.1 Å². The minimum absolute atomic E-state index is 0.255. The van der Waals surface area contributed by atoms with Crippen LogP contribution in [0, 0.1) is 0 Å². The van der Waals surface area contributed by atoms with E-state index in [1.165, 1.54) is 6.20 Å². The summed E-state index contributed by atoms with van der Waals surface area (Å²) in [6, 6.07) is 12.5. The van der Waals surface area contributed by atoms with E-state index in [2.05, 4.69) is 44.4 Å². The highest BCUT2D eigenvalue weighted by atomic mass is 16.6. The maximum Gasteiger partial charge on any atom is 0.419 e. The molecule has 4 N–H and O–H groups in total. The number of nitrogens with one attached hydrogen (secondary N) is 4. The van der Waals surface area contributed by atoms with Crippen molar-refractivity contribution in [3.63, 3.8) is 0 Å². The molecule has 0 aliphatic carbocycles. The van der Waals surface area contributed by atoms with Crippen molar-refractivity contribution in [1.82, 2.24) is 19.9 Å². The third kappa shape index (κ3) is 4.14. The third-order valence-corrected chi connectivity index (χ3v) is 4.47. The number of carbonyl (C=O) groups excluding carboxylic acids is 2. The monoisotopic (exact) mass is 404 g/mol. The van der Waals surface area contributed by atoms with Crippen molar-refractivity contribution in [3.05, 3.63) is 66.0 Å². The summed E-state index contributed by atoms with van der Waals surface area (Å²) in [5, 5.41) is 5.21. The molecule has 0 unspecified atom stereocenters. The summed E-state index contributed by atoms with van der Waals surface area (Å²) in [7, 11) is 0. The van der Waals surface area contributed by atoms with E-state index in [0.717, 1.165) is 5.56 Å². The Hall–Kier alpha value is -4.14. The van der Waals surface area contributed by atoms with Crippen molar-refractivity contribution in [1.29, 1.82) is 0 Å². The van der Waals surface area contributed by atoms with Gasteiger partial charge in [0, 0.05) is 18.0 Å². The maximum absolute atomic E-state index is 12.5. The van der Waals surface area contributed by atoms with Crippen LogP contribution < -0.4 is 15.4 Å². The Kier molecular flexibility index (Phi) is 5.17. The summed E-state index contributed by atoms with van der Waals surface area (Å²) in [6.45, 7) is 4.19. The molecule has 0 aliphatic rings. The summed E-state index contributed by atoms with van der Waals surface area (Å²) < 4.78 is 5.35. The van der Waals surface area contributed by atoms with E-state index in [4.69, 9.17) is 4.74 Å². The molecule has 0 fully saturated rings. The Labute approximate surface area is 171 Å². The summed E-state index contributed by atoms with van der Waals surface area (Å²) in [5.74, 6) is 0.896. The van der Waals surface area contributed by atoms with Crippen LogP contribution >= 0.6 is 0 Å². The number of aromatic amines is 2. The second kappa shape index (κ2) is 8.08. The van der Waals surface area contributed by atoms with Gasteiger partial charge in [0.15, 0.2) is 5.75 Å². The third-order valence-electron chi connectivity index (χ3n) is 4.47. The number of para-hydroxylation sites is 1. The first kappa shape index (κ1) is 19.2. The van der Waals surface area contributed by atoms with Gasteiger partial charge in [0.2, 0.25) is 11.9 Å². The van der Waals surface area contributed by atoms with Crippen LogP contribution in [-0.2, 0) is 0 Å². The van der Waals surface area contributed by atoms with Gasteiger partial charge >= 0.3 is 6.09 Å². The van der Waals surface area contributed by atoms with E-state index in [1.54, 1.807) is 36.5 Å². The molecular weight excluding hydrogens is 384 g/mol. The minimum atomic E-state index is -0.706. The lowest BCUT2D eigenvalue weighted by Gasteiger charge is -2.06. The quantitative estimate of drug-likeness (QED) is 0.395. The Morgan fingerprint density at radius 1 is 1.03 bits per heavy atom. The molecule has 152 valence electrons. The minimum Gasteiger partial charge on any atom is -0.408 e. The SMILES string of the molecule is CC(C)c1ccc(C(=O)Nc2nc3cccc(OC(=O)Nc4ncc[nH]4)c3[nH]2)cc1. The number of ether oxygens (including phenoxy) is 1. The summed E-state index contributed by atoms with van der Waals surface area (Å²) >= 11 is 0. The smallest absolute Gasteiger partial charge is 0.408 e. The number of aromatic nitrogens is 4. The highest BCUT2D eigenvalue weighted by Gasteiger charge is 2.14. The molecule has 0 atom stereocenters. The predicted octanol–water partition coefficient (Wildman–Crippen LogP) is 4.27. The first-order valence-electron chi connectivity index (χ1n) is 9.38. The van der Waals surface area contributed by atoms with Gasteiger partial charge in [0.05, 0.1) is 5.52 Å². The Morgan fingerprint density at radius 3 is 2.53 bits per heavy atom. The normalized spacial score (nSPS) is 10.9. The largest absolute Gasteiger partial charge is 0.419 e. The van der Waals surface area contributed by atoms with Crippen molar-refractivity contribution in [2.75, 3.05) is 10.6 Å². The summed E-state index contributed by atoms with van der Waals surface area (Å²) in [4.78, 5) is 38.6. The molecule has 2 aromatic heterocycles. The van der Waals surface area contributed by atoms with Crippen LogP contribution in [0.25, 0.3) is 11.0 Å². The van der Waals surface area contributed by atoms with E-state index in [0.29, 0.717) is 22.5 Å². The lowest BCUT2D eigenvalue weighted by Crippen LogP contribution is -2.17. The van der Waals surface area contributed by atoms with Crippen molar-refractivity contribution in [2.45, 2.75) is 19.8 Å². The number of fused-ring (bicyclic) bond motifs is 1. The van der Waals surface area contributed by atoms with Gasteiger partial charge in [-0.1, -0.05) is 32.0 Å². The lowest BCUT2D eigenvalue weighted by molar-refractivity contribution is 0.102. The first-order chi connectivity index (χ1) is 14.5. The number of nitrogens with zero attached hydrogens (tertiary/aromatic N) is 2. The molecule has 4 rings (SSSR count). The van der Waals surface area contributed by atoms with Crippen molar-refractivity contribution >= 4 is 34.9 Å².